The van der Waals surface area contributed by atoms with E-state index in [1.165, 1.54) is 46.2 Å². The third-order valence-corrected chi connectivity index (χ3v) is 6.39. The lowest BCUT2D eigenvalue weighted by Crippen LogP contribution is -2.71. The monoisotopic (exact) mass is 449 g/mol. The number of aliphatic hydroxyl groups excluding tert-OH is 1. The minimum atomic E-state index is -0.645. The summed E-state index contributed by atoms with van der Waals surface area (Å²) in [5.41, 5.74) is 1.39. The molecule has 2 N–H and O–H groups in total. The zero-order valence-electron chi connectivity index (χ0n) is 17.5. The molecule has 6 nitrogen and oxygen atoms in total. The average molecular weight is 449 g/mol. The Morgan fingerprint density at radius 3 is 2.33 bits per heavy atom. The lowest BCUT2D eigenvalue weighted by molar-refractivity contribution is -0.0244. The number of rotatable bonds is 3. The summed E-state index contributed by atoms with van der Waals surface area (Å²) >= 11 is 0. The van der Waals surface area contributed by atoms with Crippen LogP contribution < -0.4 is 10.2 Å². The van der Waals surface area contributed by atoms with Crippen LogP contribution in [-0.2, 0) is 0 Å². The Morgan fingerprint density at radius 1 is 0.939 bits per heavy atom. The van der Waals surface area contributed by atoms with Gasteiger partial charge in [0.15, 0.2) is 0 Å². The number of amides is 3. The number of anilines is 2. The maximum atomic E-state index is 14.3. The number of urea groups is 1. The maximum Gasteiger partial charge on any atom is 0.326 e. The highest BCUT2D eigenvalue weighted by Gasteiger charge is 2.55. The fraction of sp³-hybridized carbons (Fsp3) is 0.200. The summed E-state index contributed by atoms with van der Waals surface area (Å²) in [7, 11) is 0. The summed E-state index contributed by atoms with van der Waals surface area (Å²) in [4.78, 5) is 29.3. The van der Waals surface area contributed by atoms with Gasteiger partial charge < -0.3 is 15.3 Å². The van der Waals surface area contributed by atoms with Gasteiger partial charge in [0.25, 0.3) is 5.91 Å². The molecule has 0 unspecified atom stereocenters. The van der Waals surface area contributed by atoms with E-state index in [2.05, 4.69) is 5.32 Å². The summed E-state index contributed by atoms with van der Waals surface area (Å²) in [5, 5.41) is 12.7. The number of nitrogens with zero attached hydrogens (tertiary/aromatic N) is 2. The maximum absolute atomic E-state index is 14.3. The van der Waals surface area contributed by atoms with Crippen molar-refractivity contribution in [3.63, 3.8) is 0 Å². The molecule has 3 atom stereocenters. The van der Waals surface area contributed by atoms with Crippen molar-refractivity contribution in [1.29, 1.82) is 0 Å². The molecule has 0 spiro atoms. The Kier molecular flexibility index (Phi) is 5.30. The molecule has 8 heteroatoms. The van der Waals surface area contributed by atoms with E-state index in [9.17, 15) is 23.5 Å². The summed E-state index contributed by atoms with van der Waals surface area (Å²) in [6.07, 6.45) is 0. The first-order valence-electron chi connectivity index (χ1n) is 10.6. The van der Waals surface area contributed by atoms with Gasteiger partial charge in [0.1, 0.15) is 11.6 Å². The van der Waals surface area contributed by atoms with Gasteiger partial charge in [0, 0.05) is 18.2 Å². The van der Waals surface area contributed by atoms with Crippen LogP contribution in [0.2, 0.25) is 0 Å². The Labute approximate surface area is 189 Å². The summed E-state index contributed by atoms with van der Waals surface area (Å²) in [6.45, 7) is -0.171. The number of nitrogens with one attached hydrogen (secondary N) is 1. The van der Waals surface area contributed by atoms with E-state index in [1.54, 1.807) is 24.3 Å². The molecular weight excluding hydrogens is 428 g/mol. The number of para-hydroxylation sites is 2. The van der Waals surface area contributed by atoms with E-state index in [4.69, 9.17) is 0 Å². The van der Waals surface area contributed by atoms with Crippen LogP contribution in [0.5, 0.6) is 0 Å². The quantitative estimate of drug-likeness (QED) is 0.635. The van der Waals surface area contributed by atoms with E-state index in [0.29, 0.717) is 5.69 Å². The molecule has 2 heterocycles. The van der Waals surface area contributed by atoms with Crippen molar-refractivity contribution in [3.8, 4) is 0 Å². The number of hydrogen-bond acceptors (Lipinski definition) is 3. The third kappa shape index (κ3) is 3.43. The topological polar surface area (TPSA) is 72.9 Å². The van der Waals surface area contributed by atoms with Crippen molar-refractivity contribution >= 4 is 23.3 Å². The van der Waals surface area contributed by atoms with Gasteiger partial charge >= 0.3 is 6.03 Å². The lowest BCUT2D eigenvalue weighted by atomic mass is 9.71. The van der Waals surface area contributed by atoms with Crippen molar-refractivity contribution in [2.45, 2.75) is 18.0 Å². The molecule has 5 rings (SSSR count). The Hall–Kier alpha value is -3.78. The molecule has 1 fully saturated rings. The number of carbonyl (C=O) groups is 2. The van der Waals surface area contributed by atoms with Gasteiger partial charge in [-0.05, 0) is 35.9 Å². The molecule has 0 bridgehead atoms. The second-order valence-electron chi connectivity index (χ2n) is 8.11. The van der Waals surface area contributed by atoms with Gasteiger partial charge in [-0.15, -0.1) is 0 Å². The van der Waals surface area contributed by atoms with E-state index in [-0.39, 0.29) is 30.3 Å². The molecule has 0 aliphatic carbocycles. The number of likely N-dealkylation sites (tertiary alicyclic amines) is 1. The van der Waals surface area contributed by atoms with Crippen LogP contribution in [0.4, 0.5) is 25.0 Å². The van der Waals surface area contributed by atoms with Crippen LogP contribution in [0.3, 0.4) is 0 Å². The Balaban J connectivity index is 1.49. The van der Waals surface area contributed by atoms with Crippen molar-refractivity contribution in [3.05, 3.63) is 95.6 Å². The van der Waals surface area contributed by atoms with Gasteiger partial charge in [-0.3, -0.25) is 9.69 Å². The average Bonchev–Trinajstić information content (AvgIpc) is 2.81. The molecule has 33 heavy (non-hydrogen) atoms. The fourth-order valence-corrected chi connectivity index (χ4v) is 4.88. The number of aliphatic hydroxyl groups is 1. The predicted octanol–water partition coefficient (Wildman–Crippen LogP) is 3.99. The van der Waals surface area contributed by atoms with Gasteiger partial charge in [-0.25, -0.2) is 13.6 Å². The van der Waals surface area contributed by atoms with E-state index in [1.807, 2.05) is 12.1 Å². The second-order valence-corrected chi connectivity index (χ2v) is 8.11. The highest BCUT2D eigenvalue weighted by molar-refractivity contribution is 6.03. The minimum absolute atomic E-state index is 0.0447. The Bertz CT molecular complexity index is 1230. The van der Waals surface area contributed by atoms with Crippen LogP contribution in [0, 0.1) is 11.6 Å². The molecule has 2 aliphatic heterocycles. The summed E-state index contributed by atoms with van der Waals surface area (Å²) in [6, 6.07) is 17.2. The third-order valence-electron chi connectivity index (χ3n) is 6.39. The number of carbonyl (C=O) groups excluding carboxylic acids is 2. The number of fused-ring (bicyclic) bond motifs is 3. The van der Waals surface area contributed by atoms with Gasteiger partial charge in [-0.2, -0.15) is 0 Å². The van der Waals surface area contributed by atoms with Crippen molar-refractivity contribution in [2.24, 2.45) is 0 Å². The van der Waals surface area contributed by atoms with Crippen molar-refractivity contribution < 1.29 is 23.5 Å². The normalized spacial score (nSPS) is 21.0. The molecule has 0 saturated carbocycles. The highest BCUT2D eigenvalue weighted by Crippen LogP contribution is 2.48. The molecular formula is C25H21F2N3O3. The summed E-state index contributed by atoms with van der Waals surface area (Å²) < 4.78 is 28.4. The van der Waals surface area contributed by atoms with Gasteiger partial charge in [0.2, 0.25) is 0 Å². The highest BCUT2D eigenvalue weighted by atomic mass is 19.1. The van der Waals surface area contributed by atoms with E-state index >= 15 is 0 Å². The smallest absolute Gasteiger partial charge is 0.326 e. The zero-order valence-corrected chi connectivity index (χ0v) is 17.5. The molecule has 3 amide bonds. The minimum Gasteiger partial charge on any atom is -0.394 e. The number of hydrogen-bond donors (Lipinski definition) is 2. The van der Waals surface area contributed by atoms with Crippen LogP contribution >= 0.6 is 0 Å². The number of benzene rings is 3. The van der Waals surface area contributed by atoms with Crippen LogP contribution in [0.25, 0.3) is 0 Å². The largest absolute Gasteiger partial charge is 0.394 e. The number of halogens is 2. The van der Waals surface area contributed by atoms with Crippen molar-refractivity contribution in [2.75, 3.05) is 23.4 Å². The molecule has 0 aromatic heterocycles. The molecule has 3 aromatic rings. The van der Waals surface area contributed by atoms with E-state index in [0.717, 1.165) is 5.56 Å². The first-order valence-corrected chi connectivity index (χ1v) is 10.6. The first-order chi connectivity index (χ1) is 16.0. The van der Waals surface area contributed by atoms with Crippen LogP contribution in [0.1, 0.15) is 21.8 Å². The molecule has 0 radical (unpaired) electrons. The Morgan fingerprint density at radius 2 is 1.61 bits per heavy atom. The van der Waals surface area contributed by atoms with Crippen LogP contribution in [-0.4, -0.2) is 47.2 Å². The summed E-state index contributed by atoms with van der Waals surface area (Å²) in [5.74, 6) is -1.95. The molecule has 168 valence electrons. The molecule has 3 aromatic carbocycles. The first kappa shape index (κ1) is 21.1. The zero-order chi connectivity index (χ0) is 23.1. The SMILES string of the molecule is O=C(Nc1ccccc1F)N1C[C@@H]2[C@H](c3ccccc31)[C@@H](CO)N2C(=O)c1ccccc1F. The van der Waals surface area contributed by atoms with E-state index < -0.39 is 35.7 Å². The fourth-order valence-electron chi connectivity index (χ4n) is 4.88. The van der Waals surface area contributed by atoms with Gasteiger partial charge in [-0.1, -0.05) is 42.5 Å². The lowest BCUT2D eigenvalue weighted by Gasteiger charge is -2.58. The van der Waals surface area contributed by atoms with Gasteiger partial charge in [0.05, 0.1) is 29.9 Å². The standard InChI is InChI=1S/C25H21F2N3O3/c26-17-9-3-1-7-15(17)24(32)30-21-13-29(25(33)28-19-11-5-4-10-18(19)27)20-12-6-2-8-16(20)23(21)22(30)14-31/h1-12,21-23,31H,13-14H2,(H,28,33)/t21-,22-,23+/m1/s1. The van der Waals surface area contributed by atoms with Crippen LogP contribution in [0.15, 0.2) is 72.8 Å². The predicted molar refractivity (Wildman–Crippen MR) is 119 cm³/mol. The van der Waals surface area contributed by atoms with Crippen molar-refractivity contribution in [1.82, 2.24) is 4.90 Å². The molecule has 2 aliphatic rings. The molecule has 1 saturated heterocycles. The second kappa shape index (κ2) is 8.29.